The van der Waals surface area contributed by atoms with Gasteiger partial charge in [0.05, 0.1) is 23.7 Å². The Morgan fingerprint density at radius 1 is 1.03 bits per heavy atom. The molecule has 3 aromatic rings. The number of anilines is 1. The first-order valence-electron chi connectivity index (χ1n) is 10.9. The van der Waals surface area contributed by atoms with Crippen LogP contribution in [-0.4, -0.2) is 41.2 Å². The van der Waals surface area contributed by atoms with Crippen molar-refractivity contribution in [2.24, 2.45) is 0 Å². The van der Waals surface area contributed by atoms with Crippen LogP contribution in [0, 0.1) is 5.82 Å². The van der Waals surface area contributed by atoms with Crippen molar-refractivity contribution in [2.45, 2.75) is 17.9 Å². The molecule has 1 aliphatic heterocycles. The van der Waals surface area contributed by atoms with E-state index in [0.29, 0.717) is 30.5 Å². The summed E-state index contributed by atoms with van der Waals surface area (Å²) in [5, 5.41) is 2.81. The molecule has 0 bridgehead atoms. The van der Waals surface area contributed by atoms with Crippen LogP contribution in [-0.2, 0) is 14.8 Å². The third-order valence-corrected chi connectivity index (χ3v) is 7.27. The first-order valence-corrected chi connectivity index (χ1v) is 12.3. The molecular formula is C25H25FN2O6S. The Morgan fingerprint density at radius 3 is 2.34 bits per heavy atom. The summed E-state index contributed by atoms with van der Waals surface area (Å²) in [6.45, 7) is 1.94. The van der Waals surface area contributed by atoms with Gasteiger partial charge in [-0.2, -0.15) is 0 Å². The van der Waals surface area contributed by atoms with Crippen molar-refractivity contribution in [1.82, 2.24) is 5.32 Å². The molecule has 8 nitrogen and oxygen atoms in total. The van der Waals surface area contributed by atoms with Gasteiger partial charge in [-0.25, -0.2) is 12.8 Å². The zero-order valence-corrected chi connectivity index (χ0v) is 20.0. The van der Waals surface area contributed by atoms with Crippen molar-refractivity contribution in [2.75, 3.05) is 31.2 Å². The number of ether oxygens (including phenoxy) is 3. The number of methoxy groups -OCH3 is 1. The number of hydrogen-bond donors (Lipinski definition) is 1. The fourth-order valence-electron chi connectivity index (χ4n) is 3.63. The first-order chi connectivity index (χ1) is 16.8. The van der Waals surface area contributed by atoms with E-state index < -0.39 is 28.3 Å². The van der Waals surface area contributed by atoms with Crippen LogP contribution in [0.4, 0.5) is 10.1 Å². The summed E-state index contributed by atoms with van der Waals surface area (Å²) >= 11 is 0. The van der Waals surface area contributed by atoms with Crippen LogP contribution in [0.15, 0.2) is 71.6 Å². The minimum Gasteiger partial charge on any atom is -0.497 e. The number of rotatable bonds is 8. The molecule has 184 valence electrons. The van der Waals surface area contributed by atoms with E-state index >= 15 is 0 Å². The molecule has 0 fully saturated rings. The van der Waals surface area contributed by atoms with Crippen molar-refractivity contribution in [3.05, 3.63) is 78.1 Å². The summed E-state index contributed by atoms with van der Waals surface area (Å²) in [6, 6.07) is 15.9. The number of nitrogens with one attached hydrogen (secondary N) is 1. The third-order valence-electron chi connectivity index (χ3n) is 5.50. The monoisotopic (exact) mass is 500 g/mol. The van der Waals surface area contributed by atoms with E-state index in [-0.39, 0.29) is 16.6 Å². The van der Waals surface area contributed by atoms with Gasteiger partial charge in [-0.05, 0) is 61.0 Å². The van der Waals surface area contributed by atoms with Gasteiger partial charge in [0.25, 0.3) is 10.0 Å². The largest absolute Gasteiger partial charge is 0.497 e. The summed E-state index contributed by atoms with van der Waals surface area (Å²) in [4.78, 5) is 12.9. The van der Waals surface area contributed by atoms with E-state index in [2.05, 4.69) is 5.32 Å². The highest BCUT2D eigenvalue weighted by Gasteiger charge is 2.29. The predicted octanol–water partition coefficient (Wildman–Crippen LogP) is 3.68. The van der Waals surface area contributed by atoms with Gasteiger partial charge in [0, 0.05) is 6.07 Å². The van der Waals surface area contributed by atoms with Gasteiger partial charge in [-0.3, -0.25) is 9.10 Å². The van der Waals surface area contributed by atoms with Gasteiger partial charge >= 0.3 is 0 Å². The smallest absolute Gasteiger partial charge is 0.264 e. The van der Waals surface area contributed by atoms with Crippen LogP contribution in [0.25, 0.3) is 0 Å². The number of amides is 1. The molecule has 0 aromatic heterocycles. The number of fused-ring (bicyclic) bond motifs is 1. The molecule has 1 heterocycles. The Balaban J connectivity index is 1.60. The van der Waals surface area contributed by atoms with Gasteiger partial charge in [0.1, 0.15) is 31.3 Å². The SMILES string of the molecule is COc1ccc([C@H](C)NC(=O)CN(c2ccc(F)cc2)S(=O)(=O)c2ccc3c(c2)OCCO3)cc1. The second-order valence-electron chi connectivity index (χ2n) is 7.86. The summed E-state index contributed by atoms with van der Waals surface area (Å²) in [5.41, 5.74) is 0.968. The highest BCUT2D eigenvalue weighted by molar-refractivity contribution is 7.92. The van der Waals surface area contributed by atoms with Gasteiger partial charge < -0.3 is 19.5 Å². The Morgan fingerprint density at radius 2 is 1.69 bits per heavy atom. The van der Waals surface area contributed by atoms with E-state index in [4.69, 9.17) is 14.2 Å². The van der Waals surface area contributed by atoms with Crippen LogP contribution < -0.4 is 23.8 Å². The van der Waals surface area contributed by atoms with E-state index in [1.807, 2.05) is 12.1 Å². The van der Waals surface area contributed by atoms with E-state index in [1.165, 1.54) is 30.3 Å². The second kappa shape index (κ2) is 10.2. The maximum Gasteiger partial charge on any atom is 0.264 e. The van der Waals surface area contributed by atoms with Crippen LogP contribution in [0.2, 0.25) is 0 Å². The van der Waals surface area contributed by atoms with Crippen LogP contribution >= 0.6 is 0 Å². The van der Waals surface area contributed by atoms with Gasteiger partial charge in [0.2, 0.25) is 5.91 Å². The number of hydrogen-bond acceptors (Lipinski definition) is 6. The van der Waals surface area contributed by atoms with Crippen molar-refractivity contribution in [1.29, 1.82) is 0 Å². The summed E-state index contributed by atoms with van der Waals surface area (Å²) in [6.07, 6.45) is 0. The number of halogens is 1. The van der Waals surface area contributed by atoms with Crippen LogP contribution in [0.5, 0.6) is 17.2 Å². The van der Waals surface area contributed by atoms with Crippen molar-refractivity contribution < 1.29 is 31.8 Å². The third kappa shape index (κ3) is 5.48. The average molecular weight is 501 g/mol. The molecule has 35 heavy (non-hydrogen) atoms. The molecule has 1 N–H and O–H groups in total. The Labute approximate surface area is 203 Å². The lowest BCUT2D eigenvalue weighted by molar-refractivity contribution is -0.120. The number of nitrogens with zero attached hydrogens (tertiary/aromatic N) is 1. The fraction of sp³-hybridized carbons (Fsp3) is 0.240. The maximum absolute atomic E-state index is 13.6. The molecule has 4 rings (SSSR count). The normalized spacial score (nSPS) is 13.6. The molecule has 1 aliphatic rings. The molecule has 10 heteroatoms. The Hall–Kier alpha value is -3.79. The van der Waals surface area contributed by atoms with E-state index in [9.17, 15) is 17.6 Å². The minimum atomic E-state index is -4.21. The number of carbonyl (C=O) groups excluding carboxylic acids is 1. The molecule has 0 aliphatic carbocycles. The molecule has 3 aromatic carbocycles. The molecule has 0 radical (unpaired) electrons. The molecule has 1 atom stereocenters. The molecular weight excluding hydrogens is 475 g/mol. The lowest BCUT2D eigenvalue weighted by Gasteiger charge is -2.26. The summed E-state index contributed by atoms with van der Waals surface area (Å²) in [5.74, 6) is 0.366. The predicted molar refractivity (Wildman–Crippen MR) is 128 cm³/mol. The maximum atomic E-state index is 13.6. The van der Waals surface area contributed by atoms with Gasteiger partial charge in [0.15, 0.2) is 11.5 Å². The molecule has 0 spiro atoms. The van der Waals surface area contributed by atoms with Gasteiger partial charge in [-0.15, -0.1) is 0 Å². The average Bonchev–Trinajstić information content (AvgIpc) is 2.87. The van der Waals surface area contributed by atoms with E-state index in [1.54, 1.807) is 26.2 Å². The molecule has 0 saturated carbocycles. The summed E-state index contributed by atoms with van der Waals surface area (Å²) < 4.78 is 57.8. The van der Waals surface area contributed by atoms with Crippen LogP contribution in [0.3, 0.4) is 0 Å². The van der Waals surface area contributed by atoms with E-state index in [0.717, 1.165) is 22.0 Å². The van der Waals surface area contributed by atoms with Crippen molar-refractivity contribution >= 4 is 21.6 Å². The zero-order valence-electron chi connectivity index (χ0n) is 19.2. The van der Waals surface area contributed by atoms with Gasteiger partial charge in [-0.1, -0.05) is 12.1 Å². The van der Waals surface area contributed by atoms with Crippen molar-refractivity contribution in [3.63, 3.8) is 0 Å². The fourth-order valence-corrected chi connectivity index (χ4v) is 5.06. The lowest BCUT2D eigenvalue weighted by atomic mass is 10.1. The topological polar surface area (TPSA) is 94.2 Å². The minimum absolute atomic E-state index is 0.0814. The number of carbonyl (C=O) groups is 1. The van der Waals surface area contributed by atoms with Crippen molar-refractivity contribution in [3.8, 4) is 17.2 Å². The second-order valence-corrected chi connectivity index (χ2v) is 9.72. The lowest BCUT2D eigenvalue weighted by Crippen LogP contribution is -2.41. The number of sulfonamides is 1. The highest BCUT2D eigenvalue weighted by atomic mass is 32.2. The number of benzene rings is 3. The highest BCUT2D eigenvalue weighted by Crippen LogP contribution is 2.34. The standard InChI is InChI=1S/C25H25FN2O6S/c1-17(18-3-9-21(32-2)10-4-18)27-25(29)16-28(20-7-5-19(26)6-8-20)35(30,31)22-11-12-23-24(15-22)34-14-13-33-23/h3-12,15,17H,13-14,16H2,1-2H3,(H,27,29)/t17-/m0/s1. The van der Waals surface area contributed by atoms with Crippen LogP contribution in [0.1, 0.15) is 18.5 Å². The summed E-state index contributed by atoms with van der Waals surface area (Å²) in [7, 11) is -2.65. The Bertz CT molecular complexity index is 1300. The zero-order chi connectivity index (χ0) is 25.0. The molecule has 1 amide bonds. The molecule has 0 unspecified atom stereocenters. The first kappa shape index (κ1) is 24.3. The molecule has 0 saturated heterocycles. The quantitative estimate of drug-likeness (QED) is 0.507. The Kier molecular flexibility index (Phi) is 7.11.